The van der Waals surface area contributed by atoms with E-state index in [-0.39, 0.29) is 17.6 Å². The number of amides is 1. The van der Waals surface area contributed by atoms with Gasteiger partial charge < -0.3 is 10.2 Å². The molecule has 7 heteroatoms. The number of para-hydroxylation sites is 1. The van der Waals surface area contributed by atoms with Crippen LogP contribution in [0.5, 0.6) is 0 Å². The minimum atomic E-state index is -0.470. The number of piperazine rings is 1. The molecule has 1 heterocycles. The summed E-state index contributed by atoms with van der Waals surface area (Å²) in [6.45, 7) is 5.17. The zero-order valence-corrected chi connectivity index (χ0v) is 14.7. The van der Waals surface area contributed by atoms with Crippen molar-refractivity contribution in [2.75, 3.05) is 36.4 Å². The van der Waals surface area contributed by atoms with E-state index >= 15 is 0 Å². The van der Waals surface area contributed by atoms with Gasteiger partial charge in [-0.25, -0.2) is 0 Å². The van der Waals surface area contributed by atoms with Gasteiger partial charge in [0.15, 0.2) is 0 Å². The van der Waals surface area contributed by atoms with Gasteiger partial charge in [0.1, 0.15) is 0 Å². The van der Waals surface area contributed by atoms with Gasteiger partial charge in [-0.1, -0.05) is 24.3 Å². The molecule has 0 saturated carbocycles. The van der Waals surface area contributed by atoms with Gasteiger partial charge in [-0.05, 0) is 25.1 Å². The molecule has 1 aliphatic heterocycles. The number of hydrogen-bond acceptors (Lipinski definition) is 5. The number of nitro groups is 1. The fourth-order valence-corrected chi connectivity index (χ4v) is 3.12. The first-order valence-corrected chi connectivity index (χ1v) is 8.64. The summed E-state index contributed by atoms with van der Waals surface area (Å²) in [7, 11) is 0. The summed E-state index contributed by atoms with van der Waals surface area (Å²) >= 11 is 0. The molecule has 26 heavy (non-hydrogen) atoms. The predicted octanol–water partition coefficient (Wildman–Crippen LogP) is 2.74. The van der Waals surface area contributed by atoms with Gasteiger partial charge in [0.25, 0.3) is 5.69 Å². The van der Waals surface area contributed by atoms with Crippen LogP contribution in [0.15, 0.2) is 54.6 Å². The molecule has 0 spiro atoms. The van der Waals surface area contributed by atoms with Crippen molar-refractivity contribution in [1.82, 2.24) is 4.90 Å². The third-order valence-corrected chi connectivity index (χ3v) is 4.69. The lowest BCUT2D eigenvalue weighted by atomic mass is 10.2. The molecule has 7 nitrogen and oxygen atoms in total. The second-order valence-corrected chi connectivity index (χ2v) is 6.33. The van der Waals surface area contributed by atoms with Crippen LogP contribution >= 0.6 is 0 Å². The molecule has 1 aliphatic rings. The molecular formula is C19H22N4O3. The number of carbonyl (C=O) groups is 1. The molecule has 0 aromatic heterocycles. The highest BCUT2D eigenvalue weighted by Crippen LogP contribution is 2.19. The Balaban J connectivity index is 1.56. The van der Waals surface area contributed by atoms with E-state index in [0.29, 0.717) is 5.69 Å². The molecule has 2 aromatic rings. The number of anilines is 2. The molecule has 1 N–H and O–H groups in total. The Morgan fingerprint density at radius 2 is 1.77 bits per heavy atom. The maximum Gasteiger partial charge on any atom is 0.271 e. The van der Waals surface area contributed by atoms with E-state index in [2.05, 4.69) is 27.2 Å². The number of non-ortho nitro benzene ring substituents is 1. The summed E-state index contributed by atoms with van der Waals surface area (Å²) in [4.78, 5) is 27.3. The number of carbonyl (C=O) groups excluding carboxylic acids is 1. The molecule has 0 aliphatic carbocycles. The van der Waals surface area contributed by atoms with Crippen molar-refractivity contribution in [1.29, 1.82) is 0 Å². The van der Waals surface area contributed by atoms with Crippen LogP contribution in [0.25, 0.3) is 0 Å². The minimum absolute atomic E-state index is 0.0353. The molecular weight excluding hydrogens is 332 g/mol. The SMILES string of the molecule is CC(C(=O)Nc1cccc([N+](=O)[O-])c1)N1CCN(c2ccccc2)CC1. The number of nitrogens with one attached hydrogen (secondary N) is 1. The van der Waals surface area contributed by atoms with Crippen molar-refractivity contribution in [3.63, 3.8) is 0 Å². The van der Waals surface area contributed by atoms with Gasteiger partial charge >= 0.3 is 0 Å². The molecule has 1 saturated heterocycles. The maximum absolute atomic E-state index is 12.5. The Morgan fingerprint density at radius 1 is 1.08 bits per heavy atom. The molecule has 1 fully saturated rings. The normalized spacial score (nSPS) is 16.1. The van der Waals surface area contributed by atoms with Crippen molar-refractivity contribution in [3.8, 4) is 0 Å². The standard InChI is InChI=1S/C19H22N4O3/c1-15(19(24)20-16-6-5-9-18(14-16)23(25)26)21-10-12-22(13-11-21)17-7-3-2-4-8-17/h2-9,14-15H,10-13H2,1H3,(H,20,24). The van der Waals surface area contributed by atoms with Gasteiger partial charge in [-0.3, -0.25) is 19.8 Å². The monoisotopic (exact) mass is 354 g/mol. The quantitative estimate of drug-likeness (QED) is 0.660. The second-order valence-electron chi connectivity index (χ2n) is 6.33. The fraction of sp³-hybridized carbons (Fsp3) is 0.316. The van der Waals surface area contributed by atoms with Crippen LogP contribution in [-0.4, -0.2) is 48.0 Å². The summed E-state index contributed by atoms with van der Waals surface area (Å²) in [5.41, 5.74) is 1.60. The van der Waals surface area contributed by atoms with Gasteiger partial charge in [-0.15, -0.1) is 0 Å². The first-order valence-electron chi connectivity index (χ1n) is 8.64. The summed E-state index contributed by atoms with van der Waals surface area (Å²) in [5, 5.41) is 13.6. The summed E-state index contributed by atoms with van der Waals surface area (Å²) in [6.07, 6.45) is 0. The summed E-state index contributed by atoms with van der Waals surface area (Å²) < 4.78 is 0. The third kappa shape index (κ3) is 4.18. The molecule has 3 rings (SSSR count). The molecule has 1 unspecified atom stereocenters. The highest BCUT2D eigenvalue weighted by molar-refractivity contribution is 5.94. The Hall–Kier alpha value is -2.93. The molecule has 1 amide bonds. The maximum atomic E-state index is 12.5. The fourth-order valence-electron chi connectivity index (χ4n) is 3.12. The molecule has 1 atom stereocenters. The van der Waals surface area contributed by atoms with Crippen LogP contribution in [-0.2, 0) is 4.79 Å². The average molecular weight is 354 g/mol. The Morgan fingerprint density at radius 3 is 2.42 bits per heavy atom. The number of nitrogens with zero attached hydrogens (tertiary/aromatic N) is 3. The zero-order valence-electron chi connectivity index (χ0n) is 14.7. The number of nitro benzene ring substituents is 1. The van der Waals surface area contributed by atoms with Crippen molar-refractivity contribution in [2.45, 2.75) is 13.0 Å². The van der Waals surface area contributed by atoms with E-state index in [1.165, 1.54) is 17.8 Å². The highest BCUT2D eigenvalue weighted by atomic mass is 16.6. The van der Waals surface area contributed by atoms with Crippen molar-refractivity contribution >= 4 is 23.0 Å². The van der Waals surface area contributed by atoms with Crippen LogP contribution in [0.2, 0.25) is 0 Å². The number of benzene rings is 2. The Labute approximate surface area is 152 Å². The van der Waals surface area contributed by atoms with Crippen LogP contribution < -0.4 is 10.2 Å². The number of hydrogen-bond donors (Lipinski definition) is 1. The lowest BCUT2D eigenvalue weighted by Crippen LogP contribution is -2.52. The van der Waals surface area contributed by atoms with E-state index in [0.717, 1.165) is 26.2 Å². The Bertz CT molecular complexity index is 773. The van der Waals surface area contributed by atoms with E-state index < -0.39 is 4.92 Å². The predicted molar refractivity (Wildman–Crippen MR) is 101 cm³/mol. The van der Waals surface area contributed by atoms with Gasteiger partial charge in [0.2, 0.25) is 5.91 Å². The largest absolute Gasteiger partial charge is 0.369 e. The van der Waals surface area contributed by atoms with Crippen LogP contribution in [0.1, 0.15) is 6.92 Å². The van der Waals surface area contributed by atoms with Crippen LogP contribution in [0.4, 0.5) is 17.1 Å². The molecule has 2 aromatic carbocycles. The zero-order chi connectivity index (χ0) is 18.5. The first kappa shape index (κ1) is 17.9. The van der Waals surface area contributed by atoms with Gasteiger partial charge in [-0.2, -0.15) is 0 Å². The lowest BCUT2D eigenvalue weighted by Gasteiger charge is -2.38. The van der Waals surface area contributed by atoms with Crippen LogP contribution in [0, 0.1) is 10.1 Å². The third-order valence-electron chi connectivity index (χ3n) is 4.69. The lowest BCUT2D eigenvalue weighted by molar-refractivity contribution is -0.384. The van der Waals surface area contributed by atoms with Crippen molar-refractivity contribution in [2.24, 2.45) is 0 Å². The van der Waals surface area contributed by atoms with E-state index in [1.807, 2.05) is 25.1 Å². The average Bonchev–Trinajstić information content (AvgIpc) is 2.68. The summed E-state index contributed by atoms with van der Waals surface area (Å²) in [6, 6.07) is 15.9. The smallest absolute Gasteiger partial charge is 0.271 e. The van der Waals surface area contributed by atoms with Crippen molar-refractivity contribution in [3.05, 3.63) is 64.7 Å². The topological polar surface area (TPSA) is 78.7 Å². The van der Waals surface area contributed by atoms with Crippen molar-refractivity contribution < 1.29 is 9.72 Å². The van der Waals surface area contributed by atoms with E-state index in [1.54, 1.807) is 12.1 Å². The van der Waals surface area contributed by atoms with E-state index in [4.69, 9.17) is 0 Å². The molecule has 136 valence electrons. The molecule has 0 radical (unpaired) electrons. The Kier molecular flexibility index (Phi) is 5.48. The number of rotatable bonds is 5. The second kappa shape index (κ2) is 7.97. The van der Waals surface area contributed by atoms with E-state index in [9.17, 15) is 14.9 Å². The van der Waals surface area contributed by atoms with Gasteiger partial charge in [0.05, 0.1) is 11.0 Å². The summed E-state index contributed by atoms with van der Waals surface area (Å²) in [5.74, 6) is -0.154. The molecule has 0 bridgehead atoms. The first-order chi connectivity index (χ1) is 12.5. The van der Waals surface area contributed by atoms with Gasteiger partial charge in [0, 0.05) is 49.7 Å². The highest BCUT2D eigenvalue weighted by Gasteiger charge is 2.26. The minimum Gasteiger partial charge on any atom is -0.369 e. The van der Waals surface area contributed by atoms with Crippen LogP contribution in [0.3, 0.4) is 0 Å².